The molecule has 40 heavy (non-hydrogen) atoms. The highest BCUT2D eigenvalue weighted by molar-refractivity contribution is 7.48. The molecule has 2 aromatic rings. The van der Waals surface area contributed by atoms with Crippen molar-refractivity contribution in [3.63, 3.8) is 0 Å². The predicted molar refractivity (Wildman–Crippen MR) is 146 cm³/mol. The van der Waals surface area contributed by atoms with E-state index in [1.54, 1.807) is 24.3 Å². The topological polar surface area (TPSA) is 158 Å². The molecule has 2 saturated heterocycles. The molecule has 1 unspecified atom stereocenters. The van der Waals surface area contributed by atoms with Gasteiger partial charge in [-0.25, -0.2) is 9.36 Å². The van der Waals surface area contributed by atoms with Crippen molar-refractivity contribution in [3.05, 3.63) is 57.6 Å². The van der Waals surface area contributed by atoms with Crippen LogP contribution in [0, 0.1) is 0 Å². The fourth-order valence-electron chi connectivity index (χ4n) is 4.63. The molecule has 2 aliphatic rings. The van der Waals surface area contributed by atoms with E-state index in [2.05, 4.69) is 17.2 Å². The van der Waals surface area contributed by atoms with Gasteiger partial charge in [0.1, 0.15) is 23.6 Å². The molecule has 12 nitrogen and oxygen atoms in total. The summed E-state index contributed by atoms with van der Waals surface area (Å²) >= 11 is 6.06. The minimum Gasteiger partial charge on any atom is -0.387 e. The summed E-state index contributed by atoms with van der Waals surface area (Å²) in [5, 5.41) is 24.9. The van der Waals surface area contributed by atoms with Crippen LogP contribution in [0.5, 0.6) is 0 Å². The first-order valence-corrected chi connectivity index (χ1v) is 15.1. The summed E-state index contributed by atoms with van der Waals surface area (Å²) < 4.78 is 36.3. The summed E-state index contributed by atoms with van der Waals surface area (Å²) in [5.74, 6) is -0.184. The molecule has 0 saturated carbocycles. The van der Waals surface area contributed by atoms with Crippen molar-refractivity contribution in [1.82, 2.24) is 9.55 Å². The highest BCUT2D eigenvalue weighted by atomic mass is 35.5. The third kappa shape index (κ3) is 7.37. The third-order valence-electron chi connectivity index (χ3n) is 6.87. The van der Waals surface area contributed by atoms with Crippen molar-refractivity contribution in [2.75, 3.05) is 18.5 Å². The van der Waals surface area contributed by atoms with Gasteiger partial charge in [0.25, 0.3) is 0 Å². The van der Waals surface area contributed by atoms with Gasteiger partial charge in [-0.2, -0.15) is 4.98 Å². The van der Waals surface area contributed by atoms with Gasteiger partial charge in [0.15, 0.2) is 6.23 Å². The molecule has 2 aliphatic heterocycles. The highest BCUT2D eigenvalue weighted by Crippen LogP contribution is 2.57. The summed E-state index contributed by atoms with van der Waals surface area (Å²) in [6.07, 6.45) is 1.20. The van der Waals surface area contributed by atoms with Gasteiger partial charge in [-0.1, -0.05) is 49.9 Å². The van der Waals surface area contributed by atoms with Crippen LogP contribution in [0.15, 0.2) is 41.3 Å². The summed E-state index contributed by atoms with van der Waals surface area (Å²) in [4.78, 5) is 28.8. The SMILES string of the molecule is CCCCCCC(=O)Nc1ccn([C@@H]2O[C@H](COP3(=O)OCC[C@@H](c4cccc(Cl)c4)O3)[C@@H](O)[C@@]2(C)O)c(=O)n1. The van der Waals surface area contributed by atoms with E-state index in [-0.39, 0.29) is 18.3 Å². The smallest absolute Gasteiger partial charge is 0.387 e. The van der Waals surface area contributed by atoms with Crippen LogP contribution in [0.2, 0.25) is 5.02 Å². The maximum atomic E-state index is 13.2. The Hall–Kier alpha value is -2.15. The van der Waals surface area contributed by atoms with E-state index >= 15 is 0 Å². The molecule has 0 aliphatic carbocycles. The Morgan fingerprint density at radius 2 is 2.12 bits per heavy atom. The molecule has 2 fully saturated rings. The molecule has 14 heteroatoms. The number of nitrogens with one attached hydrogen (secondary N) is 1. The zero-order chi connectivity index (χ0) is 28.9. The summed E-state index contributed by atoms with van der Waals surface area (Å²) in [6, 6.07) is 8.34. The lowest BCUT2D eigenvalue weighted by atomic mass is 9.96. The first-order valence-electron chi connectivity index (χ1n) is 13.3. The summed E-state index contributed by atoms with van der Waals surface area (Å²) in [6.45, 7) is 3.02. The number of hydrogen-bond acceptors (Lipinski definition) is 10. The van der Waals surface area contributed by atoms with Gasteiger partial charge in [0, 0.05) is 24.1 Å². The standard InChI is InChI=1S/C26H35ClN3O9P/c1-3-4-5-6-10-22(31)28-21-11-13-30(25(33)29-21)24-26(2,34)23(32)20(38-24)16-37-40(35)36-14-12-19(39-40)17-8-7-9-18(27)15-17/h7-9,11,13,15,19-20,23-24,32,34H,3-6,10,12,14,16H2,1-2H3,(H,28,29,31,33)/t19-,20+,23+,24+,26+,40?/m0/s1. The van der Waals surface area contributed by atoms with Crippen LogP contribution in [-0.4, -0.2) is 56.7 Å². The monoisotopic (exact) mass is 599 g/mol. The third-order valence-corrected chi connectivity index (χ3v) is 8.58. The molecule has 220 valence electrons. The lowest BCUT2D eigenvalue weighted by molar-refractivity contribution is -0.116. The fraction of sp³-hybridized carbons (Fsp3) is 0.577. The van der Waals surface area contributed by atoms with Crippen LogP contribution < -0.4 is 11.0 Å². The minimum atomic E-state index is -4.04. The van der Waals surface area contributed by atoms with Crippen LogP contribution in [0.4, 0.5) is 5.82 Å². The second kappa shape index (κ2) is 13.2. The van der Waals surface area contributed by atoms with Gasteiger partial charge < -0.3 is 20.3 Å². The van der Waals surface area contributed by atoms with Crippen LogP contribution in [-0.2, 0) is 27.7 Å². The number of rotatable bonds is 11. The number of aliphatic hydroxyl groups excluding tert-OH is 1. The first kappa shape index (κ1) is 30.8. The molecular weight excluding hydrogens is 565 g/mol. The number of aromatic nitrogens is 2. The average Bonchev–Trinajstić information content (AvgIpc) is 3.13. The number of halogens is 1. The predicted octanol–water partition coefficient (Wildman–Crippen LogP) is 4.12. The average molecular weight is 600 g/mol. The van der Waals surface area contributed by atoms with Gasteiger partial charge in [0.05, 0.1) is 19.3 Å². The molecule has 3 N–H and O–H groups in total. The number of carbonyl (C=O) groups is 1. The van der Waals surface area contributed by atoms with Crippen molar-refractivity contribution in [2.45, 2.75) is 82.5 Å². The van der Waals surface area contributed by atoms with E-state index in [9.17, 15) is 24.4 Å². The number of aliphatic hydroxyl groups is 2. The van der Waals surface area contributed by atoms with Gasteiger partial charge in [0.2, 0.25) is 5.91 Å². The van der Waals surface area contributed by atoms with E-state index < -0.39 is 50.3 Å². The van der Waals surface area contributed by atoms with Crippen molar-refractivity contribution >= 4 is 31.1 Å². The molecule has 1 aromatic heterocycles. The number of ether oxygens (including phenoxy) is 1. The van der Waals surface area contributed by atoms with Crippen molar-refractivity contribution < 1.29 is 37.9 Å². The van der Waals surface area contributed by atoms with E-state index in [1.165, 1.54) is 19.2 Å². The van der Waals surface area contributed by atoms with Crippen molar-refractivity contribution in [3.8, 4) is 0 Å². The van der Waals surface area contributed by atoms with Gasteiger partial charge in [-0.3, -0.25) is 22.9 Å². The number of phosphoric ester groups is 1. The molecule has 3 heterocycles. The number of carbonyl (C=O) groups excluding carboxylic acids is 1. The molecule has 1 aromatic carbocycles. The lowest BCUT2D eigenvalue weighted by Crippen LogP contribution is -2.46. The van der Waals surface area contributed by atoms with Crippen LogP contribution >= 0.6 is 19.4 Å². The molecule has 4 rings (SSSR count). The molecule has 0 bridgehead atoms. The molecule has 6 atom stereocenters. The van der Waals surface area contributed by atoms with E-state index in [0.29, 0.717) is 23.4 Å². The maximum Gasteiger partial charge on any atom is 0.475 e. The Morgan fingerprint density at radius 3 is 2.85 bits per heavy atom. The first-order chi connectivity index (χ1) is 19.0. The number of nitrogens with zero attached hydrogens (tertiary/aromatic N) is 2. The van der Waals surface area contributed by atoms with Crippen LogP contribution in [0.3, 0.4) is 0 Å². The number of benzene rings is 1. The Balaban J connectivity index is 1.38. The van der Waals surface area contributed by atoms with Crippen molar-refractivity contribution in [2.24, 2.45) is 0 Å². The minimum absolute atomic E-state index is 0.0683. The Morgan fingerprint density at radius 1 is 1.32 bits per heavy atom. The molecule has 1 amide bonds. The van der Waals surface area contributed by atoms with Crippen molar-refractivity contribution in [1.29, 1.82) is 0 Å². The van der Waals surface area contributed by atoms with Gasteiger partial charge in [-0.15, -0.1) is 0 Å². The number of phosphoric acid groups is 1. The zero-order valence-corrected chi connectivity index (χ0v) is 24.1. The molecule has 0 spiro atoms. The van der Waals surface area contributed by atoms with E-state index in [0.717, 1.165) is 30.3 Å². The largest absolute Gasteiger partial charge is 0.475 e. The zero-order valence-electron chi connectivity index (χ0n) is 22.4. The number of anilines is 1. The van der Waals surface area contributed by atoms with Crippen LogP contribution in [0.25, 0.3) is 0 Å². The summed E-state index contributed by atoms with van der Waals surface area (Å²) in [7, 11) is -4.04. The Bertz CT molecular complexity index is 1290. The second-order valence-corrected chi connectivity index (χ2v) is 12.1. The number of amides is 1. The normalized spacial score (nSPS) is 30.3. The summed E-state index contributed by atoms with van der Waals surface area (Å²) in [5.41, 5.74) is -2.03. The Kier molecular flexibility index (Phi) is 10.2. The highest BCUT2D eigenvalue weighted by Gasteiger charge is 2.54. The lowest BCUT2D eigenvalue weighted by Gasteiger charge is -2.30. The molecule has 0 radical (unpaired) electrons. The Labute approximate surface area is 237 Å². The number of hydrogen-bond donors (Lipinski definition) is 3. The maximum absolute atomic E-state index is 13.2. The van der Waals surface area contributed by atoms with Gasteiger partial charge in [-0.05, 0) is 37.1 Å². The van der Waals surface area contributed by atoms with Gasteiger partial charge >= 0.3 is 13.5 Å². The van der Waals surface area contributed by atoms with E-state index in [1.807, 2.05) is 0 Å². The quantitative estimate of drug-likeness (QED) is 0.253. The number of unbranched alkanes of at least 4 members (excludes halogenated alkanes) is 3. The van der Waals surface area contributed by atoms with E-state index in [4.69, 9.17) is 29.9 Å². The molecular formula is C26H35ClN3O9P. The van der Waals surface area contributed by atoms with Crippen LogP contribution in [0.1, 0.15) is 70.3 Å². The fourth-order valence-corrected chi connectivity index (χ4v) is 6.23. The second-order valence-electron chi connectivity index (χ2n) is 10.1.